The first-order chi connectivity index (χ1) is 13.7. The van der Waals surface area contributed by atoms with Crippen molar-refractivity contribution >= 4 is 16.8 Å². The van der Waals surface area contributed by atoms with Crippen molar-refractivity contribution in [1.82, 2.24) is 10.3 Å². The first-order valence-electron chi connectivity index (χ1n) is 9.66. The van der Waals surface area contributed by atoms with E-state index in [0.29, 0.717) is 12.8 Å². The number of nitrogens with one attached hydrogen (secondary N) is 2. The van der Waals surface area contributed by atoms with E-state index in [9.17, 15) is 4.79 Å². The summed E-state index contributed by atoms with van der Waals surface area (Å²) in [5.41, 5.74) is 5.68. The number of H-pyrrole nitrogens is 1. The van der Waals surface area contributed by atoms with Crippen LogP contribution in [0.4, 0.5) is 0 Å². The third kappa shape index (κ3) is 3.99. The van der Waals surface area contributed by atoms with Crippen LogP contribution in [0.5, 0.6) is 0 Å². The van der Waals surface area contributed by atoms with E-state index < -0.39 is 0 Å². The number of aromatic amines is 1. The van der Waals surface area contributed by atoms with Crippen LogP contribution >= 0.6 is 0 Å². The monoisotopic (exact) mass is 368 g/mol. The van der Waals surface area contributed by atoms with Gasteiger partial charge < -0.3 is 10.3 Å². The number of carbonyl (C=O) groups is 1. The van der Waals surface area contributed by atoms with E-state index in [1.807, 2.05) is 36.5 Å². The van der Waals surface area contributed by atoms with Crippen molar-refractivity contribution in [2.75, 3.05) is 0 Å². The maximum atomic E-state index is 12.8. The van der Waals surface area contributed by atoms with Gasteiger partial charge in [-0.1, -0.05) is 78.4 Å². The molecule has 3 aromatic carbocycles. The molecule has 0 radical (unpaired) electrons. The first-order valence-corrected chi connectivity index (χ1v) is 9.66. The Labute approximate surface area is 165 Å². The normalized spacial score (nSPS) is 12.0. The molecule has 0 saturated carbocycles. The molecule has 3 heteroatoms. The SMILES string of the molecule is Cc1ccc(C(NC(=O)CCc2c[nH]c3ccccc23)c2ccccc2)cc1. The number of aryl methyl sites for hydroxylation is 2. The van der Waals surface area contributed by atoms with Crippen LogP contribution in [-0.4, -0.2) is 10.9 Å². The summed E-state index contributed by atoms with van der Waals surface area (Å²) in [5.74, 6) is 0.0553. The molecule has 1 unspecified atom stereocenters. The highest BCUT2D eigenvalue weighted by molar-refractivity contribution is 5.84. The molecule has 1 aromatic heterocycles. The van der Waals surface area contributed by atoms with E-state index in [-0.39, 0.29) is 11.9 Å². The average molecular weight is 368 g/mol. The molecule has 0 aliphatic rings. The van der Waals surface area contributed by atoms with Crippen LogP contribution in [0.15, 0.2) is 85.1 Å². The first kappa shape index (κ1) is 18.1. The van der Waals surface area contributed by atoms with Crippen molar-refractivity contribution in [2.24, 2.45) is 0 Å². The zero-order valence-electron chi connectivity index (χ0n) is 16.0. The molecule has 140 valence electrons. The van der Waals surface area contributed by atoms with E-state index in [1.165, 1.54) is 16.5 Å². The van der Waals surface area contributed by atoms with Gasteiger partial charge in [-0.25, -0.2) is 0 Å². The standard InChI is InChI=1S/C25H24N2O/c1-18-11-13-20(14-12-18)25(19-7-3-2-4-8-19)27-24(28)16-15-21-17-26-23-10-6-5-9-22(21)23/h2-14,17,25-26H,15-16H2,1H3,(H,27,28). The minimum atomic E-state index is -0.141. The average Bonchev–Trinajstić information content (AvgIpc) is 3.15. The van der Waals surface area contributed by atoms with E-state index in [1.54, 1.807) is 0 Å². The van der Waals surface area contributed by atoms with Crippen molar-refractivity contribution in [3.63, 3.8) is 0 Å². The Morgan fingerprint density at radius 1 is 0.893 bits per heavy atom. The highest BCUT2D eigenvalue weighted by atomic mass is 16.1. The lowest BCUT2D eigenvalue weighted by Gasteiger charge is -2.20. The van der Waals surface area contributed by atoms with Crippen LogP contribution in [0.2, 0.25) is 0 Å². The smallest absolute Gasteiger partial charge is 0.221 e. The minimum Gasteiger partial charge on any atom is -0.361 e. The molecule has 4 aromatic rings. The van der Waals surface area contributed by atoms with Crippen molar-refractivity contribution in [3.05, 3.63) is 107 Å². The number of hydrogen-bond donors (Lipinski definition) is 2. The summed E-state index contributed by atoms with van der Waals surface area (Å²) >= 11 is 0. The van der Waals surface area contributed by atoms with Gasteiger partial charge in [-0.2, -0.15) is 0 Å². The molecular formula is C25H24N2O. The highest BCUT2D eigenvalue weighted by Gasteiger charge is 2.17. The minimum absolute atomic E-state index is 0.0553. The molecule has 0 aliphatic heterocycles. The Kier molecular flexibility index (Phi) is 5.24. The lowest BCUT2D eigenvalue weighted by molar-refractivity contribution is -0.121. The van der Waals surface area contributed by atoms with Gasteiger partial charge in [0.1, 0.15) is 0 Å². The third-order valence-electron chi connectivity index (χ3n) is 5.15. The second kappa shape index (κ2) is 8.13. The fraction of sp³-hybridized carbons (Fsp3) is 0.160. The summed E-state index contributed by atoms with van der Waals surface area (Å²) in [6, 6.07) is 26.5. The van der Waals surface area contributed by atoms with E-state index >= 15 is 0 Å². The van der Waals surface area contributed by atoms with Crippen LogP contribution in [-0.2, 0) is 11.2 Å². The van der Waals surface area contributed by atoms with Crippen molar-refractivity contribution in [2.45, 2.75) is 25.8 Å². The van der Waals surface area contributed by atoms with Crippen LogP contribution in [0, 0.1) is 6.92 Å². The van der Waals surface area contributed by atoms with Crippen LogP contribution in [0.25, 0.3) is 10.9 Å². The van der Waals surface area contributed by atoms with E-state index in [4.69, 9.17) is 0 Å². The summed E-state index contributed by atoms with van der Waals surface area (Å²) in [4.78, 5) is 16.1. The molecule has 3 nitrogen and oxygen atoms in total. The third-order valence-corrected chi connectivity index (χ3v) is 5.15. The van der Waals surface area contributed by atoms with Gasteiger partial charge in [0, 0.05) is 23.5 Å². The summed E-state index contributed by atoms with van der Waals surface area (Å²) in [6.45, 7) is 2.07. The van der Waals surface area contributed by atoms with Crippen molar-refractivity contribution < 1.29 is 4.79 Å². The Hall–Kier alpha value is -3.33. The zero-order chi connectivity index (χ0) is 19.3. The molecule has 0 fully saturated rings. The summed E-state index contributed by atoms with van der Waals surface area (Å²) in [7, 11) is 0. The quantitative estimate of drug-likeness (QED) is 0.476. The fourth-order valence-electron chi connectivity index (χ4n) is 3.58. The molecule has 0 bridgehead atoms. The van der Waals surface area contributed by atoms with Crippen LogP contribution < -0.4 is 5.32 Å². The molecular weight excluding hydrogens is 344 g/mol. The number of para-hydroxylation sites is 1. The molecule has 2 N–H and O–H groups in total. The molecule has 1 atom stereocenters. The zero-order valence-corrected chi connectivity index (χ0v) is 16.0. The Morgan fingerprint density at radius 2 is 1.57 bits per heavy atom. The number of fused-ring (bicyclic) bond motifs is 1. The molecule has 28 heavy (non-hydrogen) atoms. The molecule has 1 amide bonds. The van der Waals surface area contributed by atoms with Crippen LogP contribution in [0.3, 0.4) is 0 Å². The molecule has 1 heterocycles. The number of rotatable bonds is 6. The van der Waals surface area contributed by atoms with Crippen LogP contribution in [0.1, 0.15) is 34.7 Å². The molecule has 0 aliphatic carbocycles. The number of hydrogen-bond acceptors (Lipinski definition) is 1. The van der Waals surface area contributed by atoms with Gasteiger partial charge in [-0.15, -0.1) is 0 Å². The Bertz CT molecular complexity index is 1060. The Morgan fingerprint density at radius 3 is 2.36 bits per heavy atom. The number of benzene rings is 3. The van der Waals surface area contributed by atoms with Gasteiger partial charge in [0.05, 0.1) is 6.04 Å². The second-order valence-corrected chi connectivity index (χ2v) is 7.18. The van der Waals surface area contributed by atoms with Gasteiger partial charge in [0.25, 0.3) is 0 Å². The van der Waals surface area contributed by atoms with Crippen molar-refractivity contribution in [1.29, 1.82) is 0 Å². The summed E-state index contributed by atoms with van der Waals surface area (Å²) in [5, 5.41) is 4.42. The maximum Gasteiger partial charge on any atom is 0.221 e. The highest BCUT2D eigenvalue weighted by Crippen LogP contribution is 2.23. The topological polar surface area (TPSA) is 44.9 Å². The van der Waals surface area contributed by atoms with Crippen molar-refractivity contribution in [3.8, 4) is 0 Å². The van der Waals surface area contributed by atoms with Gasteiger partial charge in [0.15, 0.2) is 0 Å². The van der Waals surface area contributed by atoms with E-state index in [2.05, 4.69) is 65.8 Å². The number of aromatic nitrogens is 1. The molecule has 0 spiro atoms. The summed E-state index contributed by atoms with van der Waals surface area (Å²) in [6.07, 6.45) is 3.18. The maximum absolute atomic E-state index is 12.8. The molecule has 0 saturated heterocycles. The van der Waals surface area contributed by atoms with Gasteiger partial charge >= 0.3 is 0 Å². The fourth-order valence-corrected chi connectivity index (χ4v) is 3.58. The lowest BCUT2D eigenvalue weighted by atomic mass is 9.97. The van der Waals surface area contributed by atoms with Gasteiger partial charge in [-0.3, -0.25) is 4.79 Å². The predicted octanol–water partition coefficient (Wildman–Crippen LogP) is 5.31. The molecule has 4 rings (SSSR count). The number of amides is 1. The van der Waals surface area contributed by atoms with Gasteiger partial charge in [-0.05, 0) is 36.1 Å². The summed E-state index contributed by atoms with van der Waals surface area (Å²) < 4.78 is 0. The largest absolute Gasteiger partial charge is 0.361 e. The predicted molar refractivity (Wildman–Crippen MR) is 114 cm³/mol. The number of carbonyl (C=O) groups excluding carboxylic acids is 1. The van der Waals surface area contributed by atoms with E-state index in [0.717, 1.165) is 16.6 Å². The van der Waals surface area contributed by atoms with Gasteiger partial charge in [0.2, 0.25) is 5.91 Å². The second-order valence-electron chi connectivity index (χ2n) is 7.18. The lowest BCUT2D eigenvalue weighted by Crippen LogP contribution is -2.29. The Balaban J connectivity index is 1.50.